The van der Waals surface area contributed by atoms with Crippen LogP contribution in [0.25, 0.3) is 17.2 Å². The summed E-state index contributed by atoms with van der Waals surface area (Å²) in [6, 6.07) is 12.7. The Bertz CT molecular complexity index is 965. The maximum absolute atomic E-state index is 12.9. The van der Waals surface area contributed by atoms with E-state index in [0.717, 1.165) is 11.1 Å². The number of ether oxygens (including phenoxy) is 1. The molecule has 164 valence electrons. The molecule has 0 aromatic heterocycles. The number of rotatable bonds is 1. The van der Waals surface area contributed by atoms with Crippen molar-refractivity contribution < 1.29 is 30.0 Å². The van der Waals surface area contributed by atoms with Gasteiger partial charge in [0.2, 0.25) is 0 Å². The van der Waals surface area contributed by atoms with Gasteiger partial charge in [0, 0.05) is 5.92 Å². The molecule has 31 heavy (non-hydrogen) atoms. The minimum Gasteiger partial charge on any atom is -0.507 e. The van der Waals surface area contributed by atoms with Crippen molar-refractivity contribution in [1.29, 1.82) is 0 Å². The van der Waals surface area contributed by atoms with Gasteiger partial charge in [0.15, 0.2) is 0 Å². The van der Waals surface area contributed by atoms with Crippen molar-refractivity contribution in [1.82, 2.24) is 0 Å². The maximum atomic E-state index is 12.9. The van der Waals surface area contributed by atoms with Crippen LogP contribution in [-0.2, 0) is 4.74 Å². The molecule has 6 nitrogen and oxygen atoms in total. The highest BCUT2D eigenvalue weighted by Crippen LogP contribution is 2.32. The summed E-state index contributed by atoms with van der Waals surface area (Å²) in [6.07, 6.45) is 1.87. The molecule has 2 aromatic carbocycles. The van der Waals surface area contributed by atoms with Gasteiger partial charge in [-0.25, -0.2) is 4.79 Å². The average Bonchev–Trinajstić information content (AvgIpc) is 2.76. The van der Waals surface area contributed by atoms with Crippen molar-refractivity contribution in [3.63, 3.8) is 0 Å². The number of fused-ring (bicyclic) bond motifs is 1. The number of phenolic OH excluding ortho intramolecular Hbond substituents is 1. The van der Waals surface area contributed by atoms with Crippen LogP contribution in [0.3, 0.4) is 0 Å². The molecule has 1 aliphatic rings. The Hall–Kier alpha value is -2.93. The number of aliphatic hydroxyl groups excluding tert-OH is 3. The Balaban J connectivity index is 2.07. The third kappa shape index (κ3) is 5.41. The zero-order chi connectivity index (χ0) is 22.5. The second-order valence-electron chi connectivity index (χ2n) is 7.87. The van der Waals surface area contributed by atoms with E-state index in [2.05, 4.69) is 0 Å². The Morgan fingerprint density at radius 1 is 0.968 bits per heavy atom. The fourth-order valence-corrected chi connectivity index (χ4v) is 3.40. The van der Waals surface area contributed by atoms with Crippen LogP contribution in [0.1, 0.15) is 36.2 Å². The molecule has 6 heteroatoms. The normalized spacial score (nSPS) is 29.3. The van der Waals surface area contributed by atoms with E-state index in [9.17, 15) is 25.2 Å². The molecule has 0 amide bonds. The lowest BCUT2D eigenvalue weighted by atomic mass is 9.96. The first-order valence-corrected chi connectivity index (χ1v) is 10.3. The van der Waals surface area contributed by atoms with Crippen molar-refractivity contribution in [3.8, 4) is 16.9 Å². The van der Waals surface area contributed by atoms with Gasteiger partial charge in [-0.05, 0) is 42.2 Å². The Morgan fingerprint density at radius 2 is 1.68 bits per heavy atom. The Kier molecular flexibility index (Phi) is 7.28. The number of esters is 1. The Labute approximate surface area is 181 Å². The second kappa shape index (κ2) is 9.92. The van der Waals surface area contributed by atoms with Crippen LogP contribution in [0.4, 0.5) is 0 Å². The first kappa shape index (κ1) is 22.7. The van der Waals surface area contributed by atoms with Gasteiger partial charge in [0.1, 0.15) is 29.6 Å². The summed E-state index contributed by atoms with van der Waals surface area (Å²) >= 11 is 0. The van der Waals surface area contributed by atoms with Gasteiger partial charge in [0.25, 0.3) is 0 Å². The predicted molar refractivity (Wildman–Crippen MR) is 118 cm³/mol. The van der Waals surface area contributed by atoms with Crippen LogP contribution in [0, 0.1) is 5.92 Å². The van der Waals surface area contributed by atoms with E-state index in [4.69, 9.17) is 4.74 Å². The van der Waals surface area contributed by atoms with Crippen molar-refractivity contribution >= 4 is 12.0 Å². The molecule has 1 heterocycles. The summed E-state index contributed by atoms with van der Waals surface area (Å²) in [5, 5.41) is 41.2. The molecule has 0 radical (unpaired) electrons. The number of benzene rings is 2. The molecular weight excluding hydrogens is 396 g/mol. The van der Waals surface area contributed by atoms with E-state index in [-0.39, 0.29) is 23.7 Å². The molecule has 0 aliphatic carbocycles. The molecule has 2 aromatic rings. The first-order valence-electron chi connectivity index (χ1n) is 10.3. The SMILES string of the molecule is CC1/C=C\C(O)C(O)C(O)C/C=C/c2cc(-c3ccccc3)cc(O)c2C(=O)OC1C. The average molecular weight is 424 g/mol. The van der Waals surface area contributed by atoms with Gasteiger partial charge in [-0.1, -0.05) is 61.6 Å². The lowest BCUT2D eigenvalue weighted by Crippen LogP contribution is -2.36. The molecule has 0 saturated heterocycles. The smallest absolute Gasteiger partial charge is 0.342 e. The molecule has 4 N–H and O–H groups in total. The molecule has 5 atom stereocenters. The highest BCUT2D eigenvalue weighted by atomic mass is 16.5. The van der Waals surface area contributed by atoms with E-state index in [1.807, 2.05) is 30.3 Å². The summed E-state index contributed by atoms with van der Waals surface area (Å²) in [7, 11) is 0. The predicted octanol–water partition coefficient (Wildman–Crippen LogP) is 3.30. The number of aromatic hydroxyl groups is 1. The molecular formula is C25H28O6. The summed E-state index contributed by atoms with van der Waals surface area (Å²) in [5.74, 6) is -1.14. The van der Waals surface area contributed by atoms with Crippen molar-refractivity contribution in [2.45, 2.75) is 44.7 Å². The van der Waals surface area contributed by atoms with E-state index >= 15 is 0 Å². The largest absolute Gasteiger partial charge is 0.507 e. The number of hydrogen-bond donors (Lipinski definition) is 4. The van der Waals surface area contributed by atoms with Gasteiger partial charge in [-0.15, -0.1) is 0 Å². The molecule has 0 spiro atoms. The minimum atomic E-state index is -1.36. The van der Waals surface area contributed by atoms with E-state index in [1.165, 1.54) is 12.1 Å². The fraction of sp³-hybridized carbons (Fsp3) is 0.320. The third-order valence-electron chi connectivity index (χ3n) is 5.52. The van der Waals surface area contributed by atoms with Gasteiger partial charge in [-0.3, -0.25) is 0 Å². The molecule has 3 rings (SSSR count). The lowest BCUT2D eigenvalue weighted by Gasteiger charge is -2.22. The van der Waals surface area contributed by atoms with Crippen LogP contribution in [0.2, 0.25) is 0 Å². The number of phenols is 1. The number of carbonyl (C=O) groups excluding carboxylic acids is 1. The lowest BCUT2D eigenvalue weighted by molar-refractivity contribution is -0.0395. The third-order valence-corrected chi connectivity index (χ3v) is 5.52. The zero-order valence-corrected chi connectivity index (χ0v) is 17.6. The van der Waals surface area contributed by atoms with Crippen LogP contribution in [0.15, 0.2) is 60.7 Å². The number of cyclic esters (lactones) is 1. The quantitative estimate of drug-likeness (QED) is 0.413. The molecule has 0 bridgehead atoms. The molecule has 5 unspecified atom stereocenters. The highest BCUT2D eigenvalue weighted by molar-refractivity contribution is 5.98. The summed E-state index contributed by atoms with van der Waals surface area (Å²) in [5.41, 5.74) is 2.05. The van der Waals surface area contributed by atoms with Gasteiger partial charge < -0.3 is 25.2 Å². The first-order chi connectivity index (χ1) is 14.8. The summed E-state index contributed by atoms with van der Waals surface area (Å²) in [4.78, 5) is 12.9. The van der Waals surface area contributed by atoms with Crippen molar-refractivity contribution in [2.75, 3.05) is 0 Å². The number of carbonyl (C=O) groups is 1. The van der Waals surface area contributed by atoms with Gasteiger partial charge >= 0.3 is 5.97 Å². The van der Waals surface area contributed by atoms with Gasteiger partial charge in [0.05, 0.1) is 6.10 Å². The van der Waals surface area contributed by atoms with E-state index in [0.29, 0.717) is 5.56 Å². The Morgan fingerprint density at radius 3 is 2.39 bits per heavy atom. The minimum absolute atomic E-state index is 0.0334. The zero-order valence-electron chi connectivity index (χ0n) is 17.6. The van der Waals surface area contributed by atoms with Crippen LogP contribution in [0.5, 0.6) is 5.75 Å². The van der Waals surface area contributed by atoms with Crippen LogP contribution < -0.4 is 0 Å². The summed E-state index contributed by atoms with van der Waals surface area (Å²) in [6.45, 7) is 3.51. The number of aliphatic hydroxyl groups is 3. The standard InChI is InChI=1S/C25H28O6/c1-15-11-12-21(27)24(29)20(26)10-6-9-18-13-19(17-7-4-3-5-8-17)14-22(28)23(18)25(30)31-16(15)2/h3-9,11-16,20-21,24,26-29H,10H2,1-2H3/b9-6+,12-11-. The second-order valence-corrected chi connectivity index (χ2v) is 7.87. The van der Waals surface area contributed by atoms with E-state index in [1.54, 1.807) is 38.1 Å². The molecule has 0 fully saturated rings. The van der Waals surface area contributed by atoms with Gasteiger partial charge in [-0.2, -0.15) is 0 Å². The molecule has 0 saturated carbocycles. The van der Waals surface area contributed by atoms with E-state index < -0.39 is 30.4 Å². The van der Waals surface area contributed by atoms with Crippen LogP contribution in [-0.4, -0.2) is 50.8 Å². The monoisotopic (exact) mass is 424 g/mol. The number of hydrogen-bond acceptors (Lipinski definition) is 6. The summed E-state index contributed by atoms with van der Waals surface area (Å²) < 4.78 is 5.57. The fourth-order valence-electron chi connectivity index (χ4n) is 3.40. The van der Waals surface area contributed by atoms with Crippen LogP contribution >= 0.6 is 0 Å². The highest BCUT2D eigenvalue weighted by Gasteiger charge is 2.25. The van der Waals surface area contributed by atoms with Crippen molar-refractivity contribution in [2.24, 2.45) is 5.92 Å². The maximum Gasteiger partial charge on any atom is 0.342 e. The molecule has 1 aliphatic heterocycles. The van der Waals surface area contributed by atoms with Crippen molar-refractivity contribution in [3.05, 3.63) is 71.8 Å². The topological polar surface area (TPSA) is 107 Å².